The molecule has 0 saturated heterocycles. The second-order valence-electron chi connectivity index (χ2n) is 6.92. The van der Waals surface area contributed by atoms with Crippen molar-refractivity contribution in [1.82, 2.24) is 4.98 Å². The molecule has 0 atom stereocenters. The Hall–Kier alpha value is -3.34. The topological polar surface area (TPSA) is 48.5 Å². The van der Waals surface area contributed by atoms with Crippen molar-refractivity contribution in [3.05, 3.63) is 78.1 Å². The van der Waals surface area contributed by atoms with E-state index in [0.29, 0.717) is 5.69 Å². The third-order valence-electron chi connectivity index (χ3n) is 5.10. The molecule has 150 valence electrons. The number of hydrogen-bond donors (Lipinski definition) is 1. The molecule has 0 radical (unpaired) electrons. The van der Waals surface area contributed by atoms with Crippen LogP contribution in [-0.2, 0) is 0 Å². The van der Waals surface area contributed by atoms with Crippen LogP contribution in [0.4, 0.5) is 22.7 Å². The lowest BCUT2D eigenvalue weighted by Gasteiger charge is -2.22. The first-order valence-corrected chi connectivity index (χ1v) is 9.95. The molecule has 0 unspecified atom stereocenters. The molecule has 1 aromatic heterocycles. The predicted octanol–water partition coefficient (Wildman–Crippen LogP) is 5.26. The van der Waals surface area contributed by atoms with E-state index in [4.69, 9.17) is 0 Å². The lowest BCUT2D eigenvalue weighted by molar-refractivity contribution is 0.102. The standard InChI is InChI=1S/C24H28N4O/c1-5-28(6-2)20-12-14-22(18(3)16-20)26-24(29)23-15-13-21(17-25-23)27(4)19-10-8-7-9-11-19/h7-17H,5-6H2,1-4H3,(H,26,29). The van der Waals surface area contributed by atoms with Gasteiger partial charge in [0.15, 0.2) is 0 Å². The number of amides is 1. The number of hydrogen-bond acceptors (Lipinski definition) is 4. The number of carbonyl (C=O) groups is 1. The lowest BCUT2D eigenvalue weighted by atomic mass is 10.1. The van der Waals surface area contributed by atoms with E-state index >= 15 is 0 Å². The van der Waals surface area contributed by atoms with Crippen molar-refractivity contribution >= 4 is 28.7 Å². The summed E-state index contributed by atoms with van der Waals surface area (Å²) in [4.78, 5) is 21.3. The van der Waals surface area contributed by atoms with Crippen molar-refractivity contribution < 1.29 is 4.79 Å². The maximum absolute atomic E-state index is 12.7. The second kappa shape index (κ2) is 9.24. The first-order chi connectivity index (χ1) is 14.0. The van der Waals surface area contributed by atoms with Gasteiger partial charge in [0.2, 0.25) is 0 Å². The smallest absolute Gasteiger partial charge is 0.274 e. The fourth-order valence-corrected chi connectivity index (χ4v) is 3.28. The van der Waals surface area contributed by atoms with Crippen LogP contribution < -0.4 is 15.1 Å². The van der Waals surface area contributed by atoms with Gasteiger partial charge in [-0.05, 0) is 68.8 Å². The summed E-state index contributed by atoms with van der Waals surface area (Å²) in [5.74, 6) is -0.211. The number of benzene rings is 2. The van der Waals surface area contributed by atoms with Gasteiger partial charge in [0.05, 0.1) is 11.9 Å². The lowest BCUT2D eigenvalue weighted by Crippen LogP contribution is -2.22. The number of carbonyl (C=O) groups excluding carboxylic acids is 1. The molecular weight excluding hydrogens is 360 g/mol. The van der Waals surface area contributed by atoms with E-state index in [9.17, 15) is 4.79 Å². The molecule has 0 fully saturated rings. The monoisotopic (exact) mass is 388 g/mol. The van der Waals surface area contributed by atoms with Crippen LogP contribution in [0.25, 0.3) is 0 Å². The van der Waals surface area contributed by atoms with E-state index in [1.807, 2.05) is 67.4 Å². The molecule has 0 spiro atoms. The summed E-state index contributed by atoms with van der Waals surface area (Å²) >= 11 is 0. The SMILES string of the molecule is CCN(CC)c1ccc(NC(=O)c2ccc(N(C)c3ccccc3)cn2)c(C)c1. The highest BCUT2D eigenvalue weighted by Gasteiger charge is 2.12. The number of rotatable bonds is 7. The van der Waals surface area contributed by atoms with Crippen molar-refractivity contribution in [2.24, 2.45) is 0 Å². The Labute approximate surface area is 173 Å². The van der Waals surface area contributed by atoms with E-state index in [1.165, 1.54) is 0 Å². The van der Waals surface area contributed by atoms with Gasteiger partial charge in [-0.15, -0.1) is 0 Å². The van der Waals surface area contributed by atoms with Gasteiger partial charge < -0.3 is 15.1 Å². The van der Waals surface area contributed by atoms with Gasteiger partial charge in [0.25, 0.3) is 5.91 Å². The first-order valence-electron chi connectivity index (χ1n) is 9.95. The van der Waals surface area contributed by atoms with Gasteiger partial charge >= 0.3 is 0 Å². The number of aryl methyl sites for hydroxylation is 1. The zero-order valence-electron chi connectivity index (χ0n) is 17.5. The molecule has 0 bridgehead atoms. The van der Waals surface area contributed by atoms with Crippen LogP contribution in [0.1, 0.15) is 29.9 Å². The molecular formula is C24H28N4O. The van der Waals surface area contributed by atoms with Crippen LogP contribution in [0.2, 0.25) is 0 Å². The van der Waals surface area contributed by atoms with Gasteiger partial charge in [-0.2, -0.15) is 0 Å². The number of nitrogens with zero attached hydrogens (tertiary/aromatic N) is 3. The third kappa shape index (κ3) is 4.74. The first kappa shape index (κ1) is 20.4. The molecule has 0 saturated carbocycles. The van der Waals surface area contributed by atoms with Crippen LogP contribution in [-0.4, -0.2) is 31.0 Å². The molecule has 0 aliphatic carbocycles. The summed E-state index contributed by atoms with van der Waals surface area (Å²) in [6.45, 7) is 8.19. The third-order valence-corrected chi connectivity index (χ3v) is 5.10. The van der Waals surface area contributed by atoms with Crippen molar-refractivity contribution in [2.45, 2.75) is 20.8 Å². The minimum atomic E-state index is -0.211. The molecule has 5 heteroatoms. The summed E-state index contributed by atoms with van der Waals surface area (Å²) in [5.41, 5.74) is 5.38. The van der Waals surface area contributed by atoms with Gasteiger partial charge in [-0.1, -0.05) is 18.2 Å². The van der Waals surface area contributed by atoms with Crippen molar-refractivity contribution in [3.63, 3.8) is 0 Å². The number of aromatic nitrogens is 1. The zero-order chi connectivity index (χ0) is 20.8. The normalized spacial score (nSPS) is 10.5. The fourth-order valence-electron chi connectivity index (χ4n) is 3.28. The van der Waals surface area contributed by atoms with Crippen molar-refractivity contribution in [1.29, 1.82) is 0 Å². The summed E-state index contributed by atoms with van der Waals surface area (Å²) in [7, 11) is 1.98. The van der Waals surface area contributed by atoms with Crippen molar-refractivity contribution in [3.8, 4) is 0 Å². The van der Waals surface area contributed by atoms with Crippen molar-refractivity contribution in [2.75, 3.05) is 35.3 Å². The molecule has 1 N–H and O–H groups in total. The maximum atomic E-state index is 12.7. The van der Waals surface area contributed by atoms with Crippen LogP contribution in [0.5, 0.6) is 0 Å². The van der Waals surface area contributed by atoms with E-state index in [1.54, 1.807) is 12.3 Å². The van der Waals surface area contributed by atoms with Gasteiger partial charge in [0.1, 0.15) is 5.69 Å². The summed E-state index contributed by atoms with van der Waals surface area (Å²) in [5, 5.41) is 2.98. The number of anilines is 4. The predicted molar refractivity (Wildman–Crippen MR) is 121 cm³/mol. The Bertz CT molecular complexity index is 950. The molecule has 3 aromatic rings. The Kier molecular flexibility index (Phi) is 6.50. The molecule has 3 rings (SSSR count). The molecule has 1 amide bonds. The van der Waals surface area contributed by atoms with Crippen LogP contribution in [0, 0.1) is 6.92 Å². The zero-order valence-corrected chi connectivity index (χ0v) is 17.5. The molecule has 29 heavy (non-hydrogen) atoms. The molecule has 5 nitrogen and oxygen atoms in total. The highest BCUT2D eigenvalue weighted by molar-refractivity contribution is 6.03. The van der Waals surface area contributed by atoms with E-state index in [2.05, 4.69) is 35.1 Å². The molecule has 1 heterocycles. The second-order valence-corrected chi connectivity index (χ2v) is 6.92. The van der Waals surface area contributed by atoms with E-state index in [0.717, 1.165) is 41.4 Å². The Balaban J connectivity index is 1.71. The van der Waals surface area contributed by atoms with Crippen LogP contribution >= 0.6 is 0 Å². The Morgan fingerprint density at radius 1 is 0.931 bits per heavy atom. The average molecular weight is 389 g/mol. The molecule has 0 aliphatic heterocycles. The number of nitrogens with one attached hydrogen (secondary N) is 1. The fraction of sp³-hybridized carbons (Fsp3) is 0.250. The van der Waals surface area contributed by atoms with Crippen LogP contribution in [0.15, 0.2) is 66.9 Å². The highest BCUT2D eigenvalue weighted by Crippen LogP contribution is 2.24. The Morgan fingerprint density at radius 3 is 2.21 bits per heavy atom. The average Bonchev–Trinajstić information content (AvgIpc) is 2.76. The van der Waals surface area contributed by atoms with Crippen LogP contribution in [0.3, 0.4) is 0 Å². The summed E-state index contributed by atoms with van der Waals surface area (Å²) in [6, 6.07) is 19.8. The van der Waals surface area contributed by atoms with Gasteiger partial charge in [0, 0.05) is 37.2 Å². The minimum Gasteiger partial charge on any atom is -0.372 e. The highest BCUT2D eigenvalue weighted by atomic mass is 16.1. The molecule has 0 aliphatic rings. The quantitative estimate of drug-likeness (QED) is 0.600. The summed E-state index contributed by atoms with van der Waals surface area (Å²) < 4.78 is 0. The largest absolute Gasteiger partial charge is 0.372 e. The summed E-state index contributed by atoms with van der Waals surface area (Å²) in [6.07, 6.45) is 1.72. The minimum absolute atomic E-state index is 0.211. The maximum Gasteiger partial charge on any atom is 0.274 e. The Morgan fingerprint density at radius 2 is 1.62 bits per heavy atom. The van der Waals surface area contributed by atoms with E-state index < -0.39 is 0 Å². The van der Waals surface area contributed by atoms with E-state index in [-0.39, 0.29) is 5.91 Å². The van der Waals surface area contributed by atoms with Gasteiger partial charge in [-0.3, -0.25) is 4.79 Å². The van der Waals surface area contributed by atoms with Gasteiger partial charge in [-0.25, -0.2) is 4.98 Å². The molecule has 2 aromatic carbocycles. The number of para-hydroxylation sites is 1. The number of pyridine rings is 1.